The SMILES string of the molecule is Cc1sc(NC(=O)[C@H]2COc3ccccc3O2)nc1-c1ccccc1. The van der Waals surface area contributed by atoms with E-state index in [9.17, 15) is 4.79 Å². The standard InChI is InChI=1S/C19H16N2O3S/c1-12-17(13-7-3-2-4-8-13)20-19(25-12)21-18(22)16-11-23-14-9-5-6-10-15(14)24-16/h2-10,16H,11H2,1H3,(H,20,21,22)/t16-/m1/s1. The molecule has 0 unspecified atom stereocenters. The molecule has 0 fully saturated rings. The largest absolute Gasteiger partial charge is 0.485 e. The molecule has 0 saturated carbocycles. The molecule has 1 N–H and O–H groups in total. The number of fused-ring (bicyclic) bond motifs is 1. The number of nitrogens with zero attached hydrogens (tertiary/aromatic N) is 1. The topological polar surface area (TPSA) is 60.5 Å². The van der Waals surface area contributed by atoms with Gasteiger partial charge in [-0.3, -0.25) is 10.1 Å². The van der Waals surface area contributed by atoms with Crippen LogP contribution >= 0.6 is 11.3 Å². The number of para-hydroxylation sites is 2. The summed E-state index contributed by atoms with van der Waals surface area (Å²) in [6.07, 6.45) is -0.695. The molecule has 2 aromatic carbocycles. The van der Waals surface area contributed by atoms with Crippen molar-refractivity contribution in [3.63, 3.8) is 0 Å². The van der Waals surface area contributed by atoms with Gasteiger partial charge in [-0.15, -0.1) is 11.3 Å². The van der Waals surface area contributed by atoms with Crippen molar-refractivity contribution in [1.82, 2.24) is 4.98 Å². The zero-order valence-corrected chi connectivity index (χ0v) is 14.4. The van der Waals surface area contributed by atoms with Crippen molar-refractivity contribution in [1.29, 1.82) is 0 Å². The van der Waals surface area contributed by atoms with E-state index < -0.39 is 6.10 Å². The number of nitrogens with one attached hydrogen (secondary N) is 1. The Balaban J connectivity index is 1.49. The normalized spacial score (nSPS) is 15.6. The second-order valence-corrected chi connectivity index (χ2v) is 6.85. The molecule has 1 aliphatic heterocycles. The molecule has 25 heavy (non-hydrogen) atoms. The van der Waals surface area contributed by atoms with Gasteiger partial charge in [-0.1, -0.05) is 42.5 Å². The Morgan fingerprint density at radius 1 is 1.12 bits per heavy atom. The molecule has 0 saturated heterocycles. The Labute approximate surface area is 149 Å². The minimum Gasteiger partial charge on any atom is -0.485 e. The number of amides is 1. The van der Waals surface area contributed by atoms with Gasteiger partial charge in [-0.25, -0.2) is 4.98 Å². The molecule has 0 radical (unpaired) electrons. The molecular formula is C19H16N2O3S. The minimum atomic E-state index is -0.695. The lowest BCUT2D eigenvalue weighted by Gasteiger charge is -2.25. The van der Waals surface area contributed by atoms with Crippen LogP contribution in [0.25, 0.3) is 11.3 Å². The molecule has 1 aliphatic rings. The van der Waals surface area contributed by atoms with Crippen LogP contribution < -0.4 is 14.8 Å². The first-order chi connectivity index (χ1) is 12.2. The zero-order valence-electron chi connectivity index (χ0n) is 13.6. The summed E-state index contributed by atoms with van der Waals surface area (Å²) in [5.74, 6) is 0.972. The van der Waals surface area contributed by atoms with Crippen LogP contribution in [-0.4, -0.2) is 23.6 Å². The van der Waals surface area contributed by atoms with Crippen molar-refractivity contribution in [3.05, 3.63) is 59.5 Å². The van der Waals surface area contributed by atoms with Crippen LogP contribution in [0.15, 0.2) is 54.6 Å². The fourth-order valence-corrected chi connectivity index (χ4v) is 3.49. The summed E-state index contributed by atoms with van der Waals surface area (Å²) < 4.78 is 11.3. The predicted molar refractivity (Wildman–Crippen MR) is 97.3 cm³/mol. The fraction of sp³-hybridized carbons (Fsp3) is 0.158. The highest BCUT2D eigenvalue weighted by Gasteiger charge is 2.28. The molecule has 5 nitrogen and oxygen atoms in total. The first-order valence-electron chi connectivity index (χ1n) is 7.93. The Morgan fingerprint density at radius 3 is 2.64 bits per heavy atom. The number of hydrogen-bond acceptors (Lipinski definition) is 5. The summed E-state index contributed by atoms with van der Waals surface area (Å²) in [7, 11) is 0. The number of hydrogen-bond donors (Lipinski definition) is 1. The Bertz CT molecular complexity index is 908. The first-order valence-corrected chi connectivity index (χ1v) is 8.74. The Hall–Kier alpha value is -2.86. The maximum Gasteiger partial charge on any atom is 0.270 e. The summed E-state index contributed by atoms with van der Waals surface area (Å²) >= 11 is 1.45. The van der Waals surface area contributed by atoms with Gasteiger partial charge in [0.15, 0.2) is 16.6 Å². The van der Waals surface area contributed by atoms with Crippen molar-refractivity contribution < 1.29 is 14.3 Å². The van der Waals surface area contributed by atoms with E-state index in [1.165, 1.54) is 11.3 Å². The van der Waals surface area contributed by atoms with E-state index in [2.05, 4.69) is 10.3 Å². The molecular weight excluding hydrogens is 336 g/mol. The van der Waals surface area contributed by atoms with E-state index in [0.29, 0.717) is 16.6 Å². The second kappa shape index (κ2) is 6.57. The van der Waals surface area contributed by atoms with Gasteiger partial charge >= 0.3 is 0 Å². The average Bonchev–Trinajstić information content (AvgIpc) is 3.02. The molecule has 3 aromatic rings. The third-order valence-corrected chi connectivity index (χ3v) is 4.76. The number of carbonyl (C=O) groups is 1. The third kappa shape index (κ3) is 3.21. The van der Waals surface area contributed by atoms with E-state index in [1.807, 2.05) is 55.5 Å². The molecule has 4 rings (SSSR count). The van der Waals surface area contributed by atoms with Gasteiger partial charge in [0, 0.05) is 10.4 Å². The minimum absolute atomic E-state index is 0.179. The fourth-order valence-electron chi connectivity index (χ4n) is 2.65. The van der Waals surface area contributed by atoms with Gasteiger partial charge in [-0.2, -0.15) is 0 Å². The quantitative estimate of drug-likeness (QED) is 0.777. The maximum atomic E-state index is 12.5. The number of aromatic nitrogens is 1. The molecule has 126 valence electrons. The lowest BCUT2D eigenvalue weighted by molar-refractivity contribution is -0.125. The van der Waals surface area contributed by atoms with Crippen LogP contribution in [0.1, 0.15) is 4.88 Å². The molecule has 6 heteroatoms. The Kier molecular flexibility index (Phi) is 4.11. The van der Waals surface area contributed by atoms with Crippen molar-refractivity contribution in [2.45, 2.75) is 13.0 Å². The number of aryl methyl sites for hydroxylation is 1. The highest BCUT2D eigenvalue weighted by Crippen LogP contribution is 2.32. The van der Waals surface area contributed by atoms with Gasteiger partial charge in [-0.05, 0) is 19.1 Å². The number of ether oxygens (including phenoxy) is 2. The molecule has 0 bridgehead atoms. The van der Waals surface area contributed by atoms with Crippen molar-refractivity contribution in [3.8, 4) is 22.8 Å². The van der Waals surface area contributed by atoms with E-state index >= 15 is 0 Å². The smallest absolute Gasteiger partial charge is 0.270 e. The summed E-state index contributed by atoms with van der Waals surface area (Å²) in [6.45, 7) is 2.17. The van der Waals surface area contributed by atoms with E-state index in [1.54, 1.807) is 6.07 Å². The molecule has 1 atom stereocenters. The zero-order chi connectivity index (χ0) is 17.2. The van der Waals surface area contributed by atoms with Crippen molar-refractivity contribution in [2.24, 2.45) is 0 Å². The monoisotopic (exact) mass is 352 g/mol. The predicted octanol–water partition coefficient (Wildman–Crippen LogP) is 3.90. The summed E-state index contributed by atoms with van der Waals surface area (Å²) in [4.78, 5) is 18.1. The van der Waals surface area contributed by atoms with Gasteiger partial charge in [0.2, 0.25) is 6.10 Å². The van der Waals surface area contributed by atoms with Gasteiger partial charge in [0.25, 0.3) is 5.91 Å². The summed E-state index contributed by atoms with van der Waals surface area (Å²) in [6, 6.07) is 17.2. The average molecular weight is 352 g/mol. The lowest BCUT2D eigenvalue weighted by Crippen LogP contribution is -2.40. The van der Waals surface area contributed by atoms with Gasteiger partial charge in [0.05, 0.1) is 5.69 Å². The van der Waals surface area contributed by atoms with Crippen LogP contribution in [0.2, 0.25) is 0 Å². The summed E-state index contributed by atoms with van der Waals surface area (Å²) in [5.41, 5.74) is 1.91. The van der Waals surface area contributed by atoms with E-state index in [0.717, 1.165) is 16.1 Å². The van der Waals surface area contributed by atoms with Crippen LogP contribution in [0.3, 0.4) is 0 Å². The molecule has 1 amide bonds. The van der Waals surface area contributed by atoms with Crippen molar-refractivity contribution in [2.75, 3.05) is 11.9 Å². The number of anilines is 1. The van der Waals surface area contributed by atoms with E-state index in [-0.39, 0.29) is 12.5 Å². The van der Waals surface area contributed by atoms with Crippen LogP contribution in [-0.2, 0) is 4.79 Å². The van der Waals surface area contributed by atoms with Crippen LogP contribution in [0, 0.1) is 6.92 Å². The molecule has 2 heterocycles. The summed E-state index contributed by atoms with van der Waals surface area (Å²) in [5, 5.41) is 3.40. The Morgan fingerprint density at radius 2 is 1.84 bits per heavy atom. The lowest BCUT2D eigenvalue weighted by atomic mass is 10.1. The van der Waals surface area contributed by atoms with Crippen LogP contribution in [0.4, 0.5) is 5.13 Å². The number of benzene rings is 2. The third-order valence-electron chi connectivity index (χ3n) is 3.87. The second-order valence-electron chi connectivity index (χ2n) is 5.64. The van der Waals surface area contributed by atoms with E-state index in [4.69, 9.17) is 9.47 Å². The maximum absolute atomic E-state index is 12.5. The van der Waals surface area contributed by atoms with Gasteiger partial charge < -0.3 is 9.47 Å². The van der Waals surface area contributed by atoms with Crippen LogP contribution in [0.5, 0.6) is 11.5 Å². The number of carbonyl (C=O) groups excluding carboxylic acids is 1. The molecule has 0 aliphatic carbocycles. The number of thiazole rings is 1. The number of rotatable bonds is 3. The highest BCUT2D eigenvalue weighted by molar-refractivity contribution is 7.16. The van der Waals surface area contributed by atoms with Crippen molar-refractivity contribution >= 4 is 22.4 Å². The first kappa shape index (κ1) is 15.7. The highest BCUT2D eigenvalue weighted by atomic mass is 32.1. The van der Waals surface area contributed by atoms with Gasteiger partial charge in [0.1, 0.15) is 6.61 Å². The molecule has 1 aromatic heterocycles. The molecule has 0 spiro atoms.